The summed E-state index contributed by atoms with van der Waals surface area (Å²) in [7, 11) is 0. The van der Waals surface area contributed by atoms with E-state index in [2.05, 4.69) is 42.5 Å². The van der Waals surface area contributed by atoms with Crippen molar-refractivity contribution < 1.29 is 48.4 Å². The van der Waals surface area contributed by atoms with Gasteiger partial charge in [-0.1, -0.05) is 34.1 Å². The van der Waals surface area contributed by atoms with Gasteiger partial charge in [0, 0.05) is 36.3 Å². The minimum absolute atomic E-state index is 0.0437. The number of nitrogens with two attached hydrogens (primary N) is 1. The zero-order valence-electron chi connectivity index (χ0n) is 35.3. The zero-order valence-corrected chi connectivity index (χ0v) is 37.0. The molecule has 12 N–H and O–H groups in total. The van der Waals surface area contributed by atoms with E-state index >= 15 is 0 Å². The maximum Gasteiger partial charge on any atom is 0.315 e. The zero-order chi connectivity index (χ0) is 44.8. The number of amides is 10. The lowest BCUT2D eigenvalue weighted by atomic mass is 9.92. The molecule has 7 atom stereocenters. The van der Waals surface area contributed by atoms with Crippen LogP contribution in [0.1, 0.15) is 91.9 Å². The Morgan fingerprint density at radius 1 is 0.800 bits per heavy atom. The van der Waals surface area contributed by atoms with E-state index in [0.717, 1.165) is 25.0 Å². The predicted octanol–water partition coefficient (Wildman–Crippen LogP) is -0.862. The Bertz CT molecular complexity index is 1490. The van der Waals surface area contributed by atoms with E-state index in [1.165, 1.54) is 17.2 Å². The number of unbranched alkanes of at least 4 members (excludes halogenated alkanes) is 2. The molecular weight excluding hydrogens is 821 g/mol. The summed E-state index contributed by atoms with van der Waals surface area (Å²) in [5.41, 5.74) is 7.01. The third-order valence-corrected chi connectivity index (χ3v) is 12.2. The molecule has 22 heteroatoms. The van der Waals surface area contributed by atoms with Crippen molar-refractivity contribution in [3.05, 3.63) is 0 Å². The number of urea groups is 1. The van der Waals surface area contributed by atoms with Gasteiger partial charge in [-0.25, -0.2) is 10.3 Å². The average molecular weight is 887 g/mol. The molecule has 0 aromatic rings. The predicted molar refractivity (Wildman–Crippen MR) is 227 cm³/mol. The summed E-state index contributed by atoms with van der Waals surface area (Å²) >= 11 is 3.29. The number of nitrogens with one attached hydrogen (secondary N) is 9. The minimum Gasteiger partial charge on any atom is -0.368 e. The van der Waals surface area contributed by atoms with Crippen molar-refractivity contribution in [2.24, 2.45) is 23.5 Å². The molecule has 10 amide bonds. The first-order valence-corrected chi connectivity index (χ1v) is 23.0. The van der Waals surface area contributed by atoms with E-state index in [1.54, 1.807) is 13.8 Å². The molecule has 0 aliphatic carbocycles. The van der Waals surface area contributed by atoms with Gasteiger partial charge in [-0.15, -0.1) is 0 Å². The van der Waals surface area contributed by atoms with E-state index in [-0.39, 0.29) is 49.2 Å². The summed E-state index contributed by atoms with van der Waals surface area (Å²) in [5.74, 6) is -4.60. The first-order chi connectivity index (χ1) is 28.4. The number of rotatable bonds is 29. The lowest BCUT2D eigenvalue weighted by molar-refractivity contribution is -0.137. The SMILES string of the molecule is CSCC[C@H](NC(=O)C(CC(=O)NO)CC(C)C)C(=O)N[C@H](C(=O)NCC(=O)NCC(=O)N[C@@H](CCCCNC(=O)CCCC[C@@H]1SC[C@@H]2NC(=O)N[C@@H]21)C(N)=O)C(C)C. The maximum absolute atomic E-state index is 13.4. The Morgan fingerprint density at radius 2 is 1.52 bits per heavy atom. The molecule has 0 aromatic heterocycles. The highest BCUT2D eigenvalue weighted by atomic mass is 32.2. The number of hydrogen-bond acceptors (Lipinski definition) is 12. The molecule has 2 saturated heterocycles. The monoisotopic (exact) mass is 886 g/mol. The highest BCUT2D eigenvalue weighted by Crippen LogP contribution is 2.33. The summed E-state index contributed by atoms with van der Waals surface area (Å²) in [5, 5.41) is 30.7. The van der Waals surface area contributed by atoms with Crippen molar-refractivity contribution in [2.75, 3.05) is 37.4 Å². The fourth-order valence-electron chi connectivity index (χ4n) is 6.82. The molecule has 2 aliphatic rings. The van der Waals surface area contributed by atoms with Crippen LogP contribution in [0.5, 0.6) is 0 Å². The van der Waals surface area contributed by atoms with Gasteiger partial charge < -0.3 is 48.3 Å². The lowest BCUT2D eigenvalue weighted by Gasteiger charge is -2.26. The van der Waals surface area contributed by atoms with Crippen LogP contribution < -0.4 is 53.7 Å². The van der Waals surface area contributed by atoms with E-state index in [4.69, 9.17) is 10.9 Å². The van der Waals surface area contributed by atoms with Crippen LogP contribution in [0.3, 0.4) is 0 Å². The number of hydroxylamine groups is 1. The van der Waals surface area contributed by atoms with Crippen LogP contribution in [0.2, 0.25) is 0 Å². The number of primary amides is 1. The molecular formula is C38H66N10O10S2. The van der Waals surface area contributed by atoms with Crippen LogP contribution >= 0.6 is 23.5 Å². The van der Waals surface area contributed by atoms with Crippen molar-refractivity contribution >= 4 is 76.8 Å². The molecule has 2 fully saturated rings. The van der Waals surface area contributed by atoms with E-state index in [1.807, 2.05) is 31.9 Å². The maximum atomic E-state index is 13.4. The largest absolute Gasteiger partial charge is 0.368 e. The molecule has 2 rings (SSSR count). The van der Waals surface area contributed by atoms with Crippen molar-refractivity contribution in [2.45, 2.75) is 127 Å². The van der Waals surface area contributed by atoms with Gasteiger partial charge >= 0.3 is 6.03 Å². The molecule has 0 saturated carbocycles. The van der Waals surface area contributed by atoms with E-state index in [0.29, 0.717) is 43.2 Å². The van der Waals surface area contributed by atoms with Crippen LogP contribution in [0.15, 0.2) is 0 Å². The second-order valence-corrected chi connectivity index (χ2v) is 18.1. The summed E-state index contributed by atoms with van der Waals surface area (Å²) in [6.45, 7) is 6.49. The Morgan fingerprint density at radius 3 is 2.17 bits per heavy atom. The van der Waals surface area contributed by atoms with Crippen molar-refractivity contribution in [1.29, 1.82) is 0 Å². The molecule has 0 radical (unpaired) electrons. The smallest absolute Gasteiger partial charge is 0.315 e. The van der Waals surface area contributed by atoms with Crippen molar-refractivity contribution in [1.82, 2.24) is 48.0 Å². The second kappa shape index (κ2) is 27.5. The molecule has 340 valence electrons. The minimum atomic E-state index is -1.09. The lowest BCUT2D eigenvalue weighted by Crippen LogP contribution is -2.57. The quantitative estimate of drug-likeness (QED) is 0.0189. The Hall–Kier alpha value is -4.31. The van der Waals surface area contributed by atoms with Crippen molar-refractivity contribution in [3.63, 3.8) is 0 Å². The summed E-state index contributed by atoms with van der Waals surface area (Å²) in [6, 6.07) is -2.92. The Labute approximate surface area is 360 Å². The van der Waals surface area contributed by atoms with Crippen LogP contribution in [0.4, 0.5) is 4.79 Å². The molecule has 0 aromatic carbocycles. The van der Waals surface area contributed by atoms with Gasteiger partial charge in [-0.05, 0) is 68.8 Å². The average Bonchev–Trinajstić information content (AvgIpc) is 3.75. The topological polar surface area (TPSA) is 308 Å². The Kier molecular flexibility index (Phi) is 23.8. The van der Waals surface area contributed by atoms with Crippen LogP contribution in [0.25, 0.3) is 0 Å². The molecule has 20 nitrogen and oxygen atoms in total. The third-order valence-electron chi connectivity index (χ3n) is 10.0. The fourth-order valence-corrected chi connectivity index (χ4v) is 8.83. The van der Waals surface area contributed by atoms with Gasteiger partial charge in [0.25, 0.3) is 0 Å². The molecule has 0 bridgehead atoms. The van der Waals surface area contributed by atoms with E-state index < -0.39 is 84.4 Å². The second-order valence-electron chi connectivity index (χ2n) is 15.9. The number of hydrogen-bond donors (Lipinski definition) is 11. The van der Waals surface area contributed by atoms with Crippen LogP contribution in [-0.4, -0.2) is 131 Å². The van der Waals surface area contributed by atoms with Crippen molar-refractivity contribution in [3.8, 4) is 0 Å². The van der Waals surface area contributed by atoms with Gasteiger partial charge in [-0.2, -0.15) is 23.5 Å². The molecule has 1 unspecified atom stereocenters. The number of carbonyl (C=O) groups excluding carboxylic acids is 9. The highest BCUT2D eigenvalue weighted by molar-refractivity contribution is 8.00. The number of carbonyl (C=O) groups is 9. The molecule has 2 aliphatic heterocycles. The summed E-state index contributed by atoms with van der Waals surface area (Å²) < 4.78 is 0. The third kappa shape index (κ3) is 19.4. The van der Waals surface area contributed by atoms with Gasteiger partial charge in [0.15, 0.2) is 0 Å². The van der Waals surface area contributed by atoms with Crippen LogP contribution in [-0.2, 0) is 38.4 Å². The molecule has 60 heavy (non-hydrogen) atoms. The first kappa shape index (κ1) is 51.8. The van der Waals surface area contributed by atoms with Gasteiger partial charge in [0.1, 0.15) is 18.1 Å². The van der Waals surface area contributed by atoms with Gasteiger partial charge in [0.2, 0.25) is 47.3 Å². The number of fused-ring (bicyclic) bond motifs is 1. The fraction of sp³-hybridized carbons (Fsp3) is 0.763. The van der Waals surface area contributed by atoms with Crippen LogP contribution in [0, 0.1) is 17.8 Å². The summed E-state index contributed by atoms with van der Waals surface area (Å²) in [4.78, 5) is 112. The summed E-state index contributed by atoms with van der Waals surface area (Å²) in [6.07, 6.45) is 6.27. The van der Waals surface area contributed by atoms with Gasteiger partial charge in [0.05, 0.1) is 25.2 Å². The molecule has 2 heterocycles. The standard InChI is InChI=1S/C38H66N10O10S2/c1-21(2)16-23(17-29(50)48-58)35(54)44-25(13-15-59-5)36(55)46-32(22(3)4)37(56)42-18-30(51)41-19-31(52)43-24(34(39)53)10-8-9-14-40-28(49)12-7-6-11-27-33-26(20-60-27)45-38(57)47-33/h21-27,32-33,58H,6-20H2,1-5H3,(H2,39,53)(H,40,49)(H,41,51)(H,42,56)(H,43,52)(H,44,54)(H,46,55)(H,48,50)(H2,45,47,57)/t23?,24-,25-,26-,27-,32-,33-/m0/s1. The first-order valence-electron chi connectivity index (χ1n) is 20.6. The molecule has 0 spiro atoms. The van der Waals surface area contributed by atoms with E-state index in [9.17, 15) is 43.2 Å². The normalized spacial score (nSPS) is 18.8. The number of thioether (sulfide) groups is 2. The van der Waals surface area contributed by atoms with Gasteiger partial charge in [-0.3, -0.25) is 43.6 Å². The Balaban J connectivity index is 1.72. The highest BCUT2D eigenvalue weighted by Gasteiger charge is 2.42.